The van der Waals surface area contributed by atoms with Crippen molar-refractivity contribution in [3.05, 3.63) is 52.0 Å². The number of halogens is 2. The van der Waals surface area contributed by atoms with Gasteiger partial charge in [0.1, 0.15) is 0 Å². The third kappa shape index (κ3) is 4.98. The molecule has 0 fully saturated rings. The zero-order valence-corrected chi connectivity index (χ0v) is 14.8. The quantitative estimate of drug-likeness (QED) is 0.646. The molecule has 0 atom stereocenters. The Labute approximate surface area is 147 Å². The second-order valence-corrected chi connectivity index (χ2v) is 6.20. The molecular formula is C15H13BrClN3OS. The van der Waals surface area contributed by atoms with Gasteiger partial charge in [-0.15, -0.1) is 0 Å². The minimum Gasteiger partial charge on any atom is -0.332 e. The first kappa shape index (κ1) is 16.7. The monoisotopic (exact) mass is 397 g/mol. The molecule has 2 aromatic rings. The molecule has 0 aliphatic heterocycles. The lowest BCUT2D eigenvalue weighted by atomic mass is 10.2. The topological polar surface area (TPSA) is 53.2 Å². The van der Waals surface area contributed by atoms with Crippen LogP contribution in [-0.4, -0.2) is 11.0 Å². The summed E-state index contributed by atoms with van der Waals surface area (Å²) in [5.41, 5.74) is 2.17. The van der Waals surface area contributed by atoms with Crippen LogP contribution < -0.4 is 16.0 Å². The fraction of sp³-hybridized carbons (Fsp3) is 0.0667. The van der Waals surface area contributed by atoms with Crippen molar-refractivity contribution in [2.45, 2.75) is 6.92 Å². The van der Waals surface area contributed by atoms with E-state index in [1.54, 1.807) is 18.2 Å². The van der Waals surface area contributed by atoms with Crippen molar-refractivity contribution >= 4 is 67.8 Å². The van der Waals surface area contributed by atoms with Crippen molar-refractivity contribution in [2.24, 2.45) is 0 Å². The van der Waals surface area contributed by atoms with Gasteiger partial charge in [-0.25, -0.2) is 0 Å². The van der Waals surface area contributed by atoms with Gasteiger partial charge in [-0.3, -0.25) is 4.79 Å². The van der Waals surface area contributed by atoms with E-state index in [-0.39, 0.29) is 5.91 Å². The fourth-order valence-corrected chi connectivity index (χ4v) is 2.70. The lowest BCUT2D eigenvalue weighted by Gasteiger charge is -2.13. The summed E-state index contributed by atoms with van der Waals surface area (Å²) in [6.45, 7) is 1.46. The predicted molar refractivity (Wildman–Crippen MR) is 99.7 cm³/mol. The third-order valence-corrected chi connectivity index (χ3v) is 3.63. The van der Waals surface area contributed by atoms with Gasteiger partial charge in [0.15, 0.2) is 5.11 Å². The normalized spacial score (nSPS) is 9.95. The summed E-state index contributed by atoms with van der Waals surface area (Å²) in [6, 6.07) is 12.7. The Morgan fingerprint density at radius 1 is 1.09 bits per heavy atom. The summed E-state index contributed by atoms with van der Waals surface area (Å²) in [6.07, 6.45) is 0. The number of rotatable bonds is 3. The first-order valence-corrected chi connectivity index (χ1v) is 7.92. The third-order valence-electron chi connectivity index (χ3n) is 2.62. The zero-order chi connectivity index (χ0) is 16.1. The Hall–Kier alpha value is -1.63. The second-order valence-electron chi connectivity index (χ2n) is 4.47. The first-order chi connectivity index (χ1) is 10.4. The van der Waals surface area contributed by atoms with Crippen LogP contribution in [0.3, 0.4) is 0 Å². The molecule has 0 aliphatic carbocycles. The molecule has 1 amide bonds. The van der Waals surface area contributed by atoms with Gasteiger partial charge in [0.25, 0.3) is 0 Å². The molecule has 0 aliphatic rings. The van der Waals surface area contributed by atoms with Crippen molar-refractivity contribution in [3.8, 4) is 0 Å². The summed E-state index contributed by atoms with van der Waals surface area (Å²) < 4.78 is 0.893. The molecule has 22 heavy (non-hydrogen) atoms. The van der Waals surface area contributed by atoms with Gasteiger partial charge >= 0.3 is 0 Å². The molecule has 0 radical (unpaired) electrons. The Kier molecular flexibility index (Phi) is 5.76. The van der Waals surface area contributed by atoms with Crippen LogP contribution in [0.5, 0.6) is 0 Å². The van der Waals surface area contributed by atoms with Crippen LogP contribution in [0.2, 0.25) is 5.02 Å². The van der Waals surface area contributed by atoms with Crippen LogP contribution in [-0.2, 0) is 4.79 Å². The van der Waals surface area contributed by atoms with Crippen LogP contribution in [0.15, 0.2) is 46.9 Å². The number of anilines is 3. The second kappa shape index (κ2) is 7.58. The molecule has 0 unspecified atom stereocenters. The highest BCUT2D eigenvalue weighted by Crippen LogP contribution is 2.26. The molecule has 2 aromatic carbocycles. The number of hydrogen-bond acceptors (Lipinski definition) is 2. The SMILES string of the molecule is CC(=O)Nc1cccc(NC(=S)Nc2ccc(Br)cc2Cl)c1. The lowest BCUT2D eigenvalue weighted by Crippen LogP contribution is -2.19. The standard InChI is InChI=1S/C15H13BrClN3OS/c1-9(21)18-11-3-2-4-12(8-11)19-15(22)20-14-6-5-10(16)7-13(14)17/h2-8H,1H3,(H,18,21)(H2,19,20,22). The lowest BCUT2D eigenvalue weighted by molar-refractivity contribution is -0.114. The van der Waals surface area contributed by atoms with Crippen LogP contribution >= 0.6 is 39.7 Å². The maximum atomic E-state index is 11.1. The first-order valence-electron chi connectivity index (χ1n) is 6.35. The van der Waals surface area contributed by atoms with E-state index in [1.807, 2.05) is 24.3 Å². The number of hydrogen-bond donors (Lipinski definition) is 3. The van der Waals surface area contributed by atoms with E-state index in [9.17, 15) is 4.79 Å². The van der Waals surface area contributed by atoms with E-state index < -0.39 is 0 Å². The van der Waals surface area contributed by atoms with E-state index in [2.05, 4.69) is 31.9 Å². The highest BCUT2D eigenvalue weighted by Gasteiger charge is 2.04. The van der Waals surface area contributed by atoms with Gasteiger partial charge in [0, 0.05) is 22.8 Å². The number of amides is 1. The van der Waals surface area contributed by atoms with Gasteiger partial charge in [-0.1, -0.05) is 33.6 Å². The number of carbonyl (C=O) groups is 1. The number of carbonyl (C=O) groups excluding carboxylic acids is 1. The van der Waals surface area contributed by atoms with Crippen LogP contribution in [0.4, 0.5) is 17.1 Å². The summed E-state index contributed by atoms with van der Waals surface area (Å²) in [7, 11) is 0. The molecule has 114 valence electrons. The van der Waals surface area contributed by atoms with E-state index in [4.69, 9.17) is 23.8 Å². The fourth-order valence-electron chi connectivity index (χ4n) is 1.75. The molecule has 0 saturated carbocycles. The molecule has 0 bridgehead atoms. The summed E-state index contributed by atoms with van der Waals surface area (Å²) in [5.74, 6) is -0.125. The van der Waals surface area contributed by atoms with Crippen molar-refractivity contribution in [3.63, 3.8) is 0 Å². The average Bonchev–Trinajstić information content (AvgIpc) is 2.41. The van der Waals surface area contributed by atoms with Gasteiger partial charge in [-0.2, -0.15) is 0 Å². The van der Waals surface area contributed by atoms with Crippen LogP contribution in [0, 0.1) is 0 Å². The van der Waals surface area contributed by atoms with Crippen molar-refractivity contribution in [1.82, 2.24) is 0 Å². The maximum Gasteiger partial charge on any atom is 0.221 e. The van der Waals surface area contributed by atoms with E-state index in [0.29, 0.717) is 21.5 Å². The number of thiocarbonyl (C=S) groups is 1. The van der Waals surface area contributed by atoms with E-state index in [1.165, 1.54) is 6.92 Å². The Morgan fingerprint density at radius 2 is 1.77 bits per heavy atom. The molecule has 3 N–H and O–H groups in total. The predicted octanol–water partition coefficient (Wildman–Crippen LogP) is 4.87. The molecular weight excluding hydrogens is 386 g/mol. The van der Waals surface area contributed by atoms with Crippen molar-refractivity contribution < 1.29 is 4.79 Å². The molecule has 4 nitrogen and oxygen atoms in total. The molecule has 0 heterocycles. The average molecular weight is 399 g/mol. The van der Waals surface area contributed by atoms with Gasteiger partial charge in [0.05, 0.1) is 10.7 Å². The Balaban J connectivity index is 2.04. The van der Waals surface area contributed by atoms with Crippen LogP contribution in [0.25, 0.3) is 0 Å². The van der Waals surface area contributed by atoms with E-state index >= 15 is 0 Å². The van der Waals surface area contributed by atoms with E-state index in [0.717, 1.165) is 10.2 Å². The highest BCUT2D eigenvalue weighted by atomic mass is 79.9. The molecule has 2 rings (SSSR count). The maximum absolute atomic E-state index is 11.1. The van der Waals surface area contributed by atoms with Crippen molar-refractivity contribution in [2.75, 3.05) is 16.0 Å². The van der Waals surface area contributed by atoms with Crippen LogP contribution in [0.1, 0.15) is 6.92 Å². The molecule has 0 saturated heterocycles. The summed E-state index contributed by atoms with van der Waals surface area (Å²) in [4.78, 5) is 11.1. The Bertz CT molecular complexity index is 724. The van der Waals surface area contributed by atoms with Gasteiger partial charge in [-0.05, 0) is 48.6 Å². The summed E-state index contributed by atoms with van der Waals surface area (Å²) >= 11 is 14.7. The molecule has 0 spiro atoms. The highest BCUT2D eigenvalue weighted by molar-refractivity contribution is 9.10. The smallest absolute Gasteiger partial charge is 0.221 e. The number of nitrogens with one attached hydrogen (secondary N) is 3. The minimum atomic E-state index is -0.125. The minimum absolute atomic E-state index is 0.125. The Morgan fingerprint density at radius 3 is 2.41 bits per heavy atom. The molecule has 0 aromatic heterocycles. The number of benzene rings is 2. The van der Waals surface area contributed by atoms with Gasteiger partial charge in [0.2, 0.25) is 5.91 Å². The zero-order valence-electron chi connectivity index (χ0n) is 11.6. The summed E-state index contributed by atoms with van der Waals surface area (Å²) in [5, 5.41) is 9.75. The van der Waals surface area contributed by atoms with Gasteiger partial charge < -0.3 is 16.0 Å². The van der Waals surface area contributed by atoms with Crippen molar-refractivity contribution in [1.29, 1.82) is 0 Å². The largest absolute Gasteiger partial charge is 0.332 e. The molecule has 7 heteroatoms.